The SMILES string of the molecule is O=C(F)CC1CC1. The molecule has 0 spiro atoms. The molecule has 40 valence electrons. The van der Waals surface area contributed by atoms with Gasteiger partial charge in [-0.2, -0.15) is 4.39 Å². The summed E-state index contributed by atoms with van der Waals surface area (Å²) in [4.78, 5) is 9.63. The Hall–Kier alpha value is -0.400. The second-order valence-corrected chi connectivity index (χ2v) is 2.00. The Morgan fingerprint density at radius 2 is 2.29 bits per heavy atom. The molecule has 7 heavy (non-hydrogen) atoms. The molecule has 1 nitrogen and oxygen atoms in total. The Morgan fingerprint density at radius 1 is 1.71 bits per heavy atom. The van der Waals surface area contributed by atoms with Crippen LogP contribution in [0, 0.1) is 5.92 Å². The molecule has 0 unspecified atom stereocenters. The van der Waals surface area contributed by atoms with Gasteiger partial charge < -0.3 is 0 Å². The van der Waals surface area contributed by atoms with Crippen LogP contribution in [0.1, 0.15) is 19.3 Å². The first-order valence-electron chi connectivity index (χ1n) is 2.47. The standard InChI is InChI=1S/C5H7FO/c6-5(7)3-4-1-2-4/h4H,1-3H2. The van der Waals surface area contributed by atoms with Gasteiger partial charge in [0, 0.05) is 6.42 Å². The minimum absolute atomic E-state index is 0.167. The van der Waals surface area contributed by atoms with Crippen LogP contribution in [0.2, 0.25) is 0 Å². The van der Waals surface area contributed by atoms with E-state index in [9.17, 15) is 9.18 Å². The fraction of sp³-hybridized carbons (Fsp3) is 0.800. The summed E-state index contributed by atoms with van der Waals surface area (Å²) in [5.41, 5.74) is 0. The highest BCUT2D eigenvalue weighted by Crippen LogP contribution is 2.32. The molecule has 0 aliphatic heterocycles. The zero-order chi connectivity index (χ0) is 5.28. The zero-order valence-corrected chi connectivity index (χ0v) is 3.98. The van der Waals surface area contributed by atoms with Crippen molar-refractivity contribution in [2.24, 2.45) is 5.92 Å². The Kier molecular flexibility index (Phi) is 1.09. The summed E-state index contributed by atoms with van der Waals surface area (Å²) in [6.45, 7) is 0. The average molecular weight is 102 g/mol. The Balaban J connectivity index is 2.08. The number of hydrogen-bond donors (Lipinski definition) is 0. The predicted octanol–water partition coefficient (Wildman–Crippen LogP) is 1.28. The molecule has 0 aromatic rings. The number of hydrogen-bond acceptors (Lipinski definition) is 1. The van der Waals surface area contributed by atoms with Crippen LogP contribution in [0.5, 0.6) is 0 Å². The van der Waals surface area contributed by atoms with Crippen LogP contribution in [0.15, 0.2) is 0 Å². The molecule has 1 rings (SSSR count). The average Bonchev–Trinajstić information content (AvgIpc) is 2.17. The molecule has 0 saturated heterocycles. The molecule has 2 heteroatoms. The van der Waals surface area contributed by atoms with Crippen molar-refractivity contribution < 1.29 is 9.18 Å². The van der Waals surface area contributed by atoms with Crippen LogP contribution in [0.3, 0.4) is 0 Å². The fourth-order valence-electron chi connectivity index (χ4n) is 0.549. The second kappa shape index (κ2) is 1.60. The molecule has 0 amide bonds. The van der Waals surface area contributed by atoms with E-state index < -0.39 is 6.04 Å². The first-order valence-corrected chi connectivity index (χ1v) is 2.47. The third-order valence-corrected chi connectivity index (χ3v) is 1.15. The van der Waals surface area contributed by atoms with Gasteiger partial charge in [-0.1, -0.05) is 0 Å². The first kappa shape index (κ1) is 4.75. The van der Waals surface area contributed by atoms with E-state index in [4.69, 9.17) is 0 Å². The lowest BCUT2D eigenvalue weighted by Gasteiger charge is -1.79. The summed E-state index contributed by atoms with van der Waals surface area (Å²) < 4.78 is 11.4. The van der Waals surface area contributed by atoms with Gasteiger partial charge in [0.15, 0.2) is 0 Å². The Bertz CT molecular complexity index is 86.1. The summed E-state index contributed by atoms with van der Waals surface area (Å²) in [6, 6.07) is -1.15. The van der Waals surface area contributed by atoms with E-state index in [0.29, 0.717) is 5.92 Å². The highest BCUT2D eigenvalue weighted by atomic mass is 19.1. The van der Waals surface area contributed by atoms with E-state index in [0.717, 1.165) is 12.8 Å². The number of carbonyl (C=O) groups excluding carboxylic acids is 1. The molecule has 0 heterocycles. The molecule has 0 aromatic heterocycles. The molecule has 1 aliphatic rings. The van der Waals surface area contributed by atoms with Gasteiger partial charge in [0.2, 0.25) is 0 Å². The fourth-order valence-corrected chi connectivity index (χ4v) is 0.549. The third kappa shape index (κ3) is 1.67. The van der Waals surface area contributed by atoms with Crippen molar-refractivity contribution >= 4 is 6.04 Å². The van der Waals surface area contributed by atoms with Gasteiger partial charge in [0.25, 0.3) is 0 Å². The van der Waals surface area contributed by atoms with Gasteiger partial charge in [0.1, 0.15) is 0 Å². The first-order chi connectivity index (χ1) is 3.29. The summed E-state index contributed by atoms with van der Waals surface area (Å²) in [5, 5.41) is 0. The van der Waals surface area contributed by atoms with E-state index in [1.54, 1.807) is 0 Å². The molecule has 0 bridgehead atoms. The van der Waals surface area contributed by atoms with Crippen molar-refractivity contribution in [3.8, 4) is 0 Å². The molecular weight excluding hydrogens is 95.1 g/mol. The molecule has 0 N–H and O–H groups in total. The maximum absolute atomic E-state index is 11.4. The quantitative estimate of drug-likeness (QED) is 0.480. The van der Waals surface area contributed by atoms with Gasteiger partial charge in [-0.25, -0.2) is 0 Å². The highest BCUT2D eigenvalue weighted by molar-refractivity contribution is 5.68. The maximum Gasteiger partial charge on any atom is 0.301 e. The van der Waals surface area contributed by atoms with Crippen molar-refractivity contribution in [3.05, 3.63) is 0 Å². The lowest BCUT2D eigenvalue weighted by molar-refractivity contribution is -0.129. The molecule has 1 saturated carbocycles. The molecule has 0 radical (unpaired) electrons. The summed E-state index contributed by atoms with van der Waals surface area (Å²) in [6.07, 6.45) is 2.27. The predicted molar refractivity (Wildman–Crippen MR) is 23.5 cm³/mol. The summed E-state index contributed by atoms with van der Waals surface area (Å²) >= 11 is 0. The van der Waals surface area contributed by atoms with E-state index in [2.05, 4.69) is 0 Å². The molecule has 1 aliphatic carbocycles. The van der Waals surface area contributed by atoms with Crippen LogP contribution >= 0.6 is 0 Å². The lowest BCUT2D eigenvalue weighted by atomic mass is 10.3. The van der Waals surface area contributed by atoms with Crippen LogP contribution in [-0.4, -0.2) is 6.04 Å². The number of carbonyl (C=O) groups is 1. The molecular formula is C5H7FO. The van der Waals surface area contributed by atoms with Gasteiger partial charge >= 0.3 is 6.04 Å². The van der Waals surface area contributed by atoms with Crippen molar-refractivity contribution in [3.63, 3.8) is 0 Å². The van der Waals surface area contributed by atoms with Crippen molar-refractivity contribution in [2.75, 3.05) is 0 Å². The van der Waals surface area contributed by atoms with E-state index in [1.807, 2.05) is 0 Å². The third-order valence-electron chi connectivity index (χ3n) is 1.15. The van der Waals surface area contributed by atoms with Gasteiger partial charge in [-0.05, 0) is 18.8 Å². The monoisotopic (exact) mass is 102 g/mol. The van der Waals surface area contributed by atoms with Crippen molar-refractivity contribution in [2.45, 2.75) is 19.3 Å². The minimum Gasteiger partial charge on any atom is -0.261 e. The summed E-state index contributed by atoms with van der Waals surface area (Å²) in [5.74, 6) is 0.400. The highest BCUT2D eigenvalue weighted by Gasteiger charge is 2.23. The van der Waals surface area contributed by atoms with E-state index in [-0.39, 0.29) is 6.42 Å². The van der Waals surface area contributed by atoms with Gasteiger partial charge in [-0.3, -0.25) is 4.79 Å². The van der Waals surface area contributed by atoms with Crippen molar-refractivity contribution in [1.29, 1.82) is 0 Å². The van der Waals surface area contributed by atoms with E-state index >= 15 is 0 Å². The second-order valence-electron chi connectivity index (χ2n) is 2.00. The Labute approximate surface area is 41.5 Å². The Morgan fingerprint density at radius 3 is 2.43 bits per heavy atom. The zero-order valence-electron chi connectivity index (χ0n) is 3.98. The topological polar surface area (TPSA) is 17.1 Å². The van der Waals surface area contributed by atoms with Crippen molar-refractivity contribution in [1.82, 2.24) is 0 Å². The summed E-state index contributed by atoms with van der Waals surface area (Å²) in [7, 11) is 0. The van der Waals surface area contributed by atoms with Crippen LogP contribution in [0.4, 0.5) is 4.39 Å². The smallest absolute Gasteiger partial charge is 0.261 e. The number of halogens is 1. The maximum atomic E-state index is 11.4. The molecule has 0 aromatic carbocycles. The molecule has 0 atom stereocenters. The lowest BCUT2D eigenvalue weighted by Crippen LogP contribution is -1.86. The minimum atomic E-state index is -1.15. The molecule has 1 fully saturated rings. The van der Waals surface area contributed by atoms with Crippen LogP contribution in [-0.2, 0) is 4.79 Å². The van der Waals surface area contributed by atoms with E-state index in [1.165, 1.54) is 0 Å². The van der Waals surface area contributed by atoms with Gasteiger partial charge in [0.05, 0.1) is 0 Å². The number of rotatable bonds is 2. The van der Waals surface area contributed by atoms with Crippen LogP contribution < -0.4 is 0 Å². The normalized spacial score (nSPS) is 19.6. The largest absolute Gasteiger partial charge is 0.301 e. The van der Waals surface area contributed by atoms with Crippen LogP contribution in [0.25, 0.3) is 0 Å². The van der Waals surface area contributed by atoms with Gasteiger partial charge in [-0.15, -0.1) is 0 Å².